The molecule has 1 aliphatic carbocycles. The van der Waals surface area contributed by atoms with Crippen molar-refractivity contribution in [3.8, 4) is 0 Å². The molecule has 1 aromatic rings. The van der Waals surface area contributed by atoms with Crippen molar-refractivity contribution in [3.05, 3.63) is 34.1 Å². The van der Waals surface area contributed by atoms with E-state index in [4.69, 9.17) is 9.47 Å². The molecule has 0 heterocycles. The van der Waals surface area contributed by atoms with E-state index in [-0.39, 0.29) is 11.9 Å². The molecule has 2 nitrogen and oxygen atoms in total. The lowest BCUT2D eigenvalue weighted by molar-refractivity contribution is -0.0369. The van der Waals surface area contributed by atoms with Crippen LogP contribution in [0.2, 0.25) is 0 Å². The van der Waals surface area contributed by atoms with Crippen molar-refractivity contribution in [2.75, 3.05) is 7.11 Å². The molecular weight excluding hydrogens is 299 g/mol. The van der Waals surface area contributed by atoms with E-state index >= 15 is 0 Å². The van der Waals surface area contributed by atoms with Gasteiger partial charge in [0.1, 0.15) is 5.82 Å². The quantitative estimate of drug-likeness (QED) is 0.834. The Morgan fingerprint density at radius 3 is 2.83 bits per heavy atom. The van der Waals surface area contributed by atoms with Gasteiger partial charge in [-0.3, -0.25) is 0 Å². The van der Waals surface area contributed by atoms with Crippen molar-refractivity contribution in [1.82, 2.24) is 0 Å². The first kappa shape index (κ1) is 14.0. The number of methoxy groups -OCH3 is 1. The Morgan fingerprint density at radius 1 is 1.33 bits per heavy atom. The second-order valence-corrected chi connectivity index (χ2v) is 5.61. The van der Waals surface area contributed by atoms with Crippen LogP contribution in [0, 0.1) is 5.82 Å². The number of benzene rings is 1. The number of ether oxygens (including phenoxy) is 2. The van der Waals surface area contributed by atoms with Crippen LogP contribution in [0.15, 0.2) is 22.7 Å². The Hall–Kier alpha value is -0.450. The topological polar surface area (TPSA) is 18.5 Å². The van der Waals surface area contributed by atoms with Crippen LogP contribution in [-0.4, -0.2) is 19.3 Å². The highest BCUT2D eigenvalue weighted by atomic mass is 79.9. The molecule has 0 aliphatic heterocycles. The fourth-order valence-electron chi connectivity index (χ4n) is 2.31. The van der Waals surface area contributed by atoms with Gasteiger partial charge in [0.25, 0.3) is 0 Å². The molecule has 0 aromatic heterocycles. The molecule has 0 N–H and O–H groups in total. The Kier molecular flexibility index (Phi) is 5.15. The van der Waals surface area contributed by atoms with Gasteiger partial charge < -0.3 is 9.47 Å². The minimum absolute atomic E-state index is 0.187. The fourth-order valence-corrected chi connectivity index (χ4v) is 2.65. The van der Waals surface area contributed by atoms with Crippen molar-refractivity contribution < 1.29 is 13.9 Å². The van der Waals surface area contributed by atoms with E-state index in [1.54, 1.807) is 13.2 Å². The molecule has 2 atom stereocenters. The summed E-state index contributed by atoms with van der Waals surface area (Å²) in [5.74, 6) is -0.219. The molecule has 4 heteroatoms. The molecule has 100 valence electrons. The van der Waals surface area contributed by atoms with Gasteiger partial charge in [0.05, 0.1) is 18.8 Å². The van der Waals surface area contributed by atoms with E-state index in [1.165, 1.54) is 6.07 Å². The predicted octanol–water partition coefficient (Wildman–Crippen LogP) is 4.06. The number of hydrogen-bond acceptors (Lipinski definition) is 2. The normalized spacial score (nSPS) is 24.2. The monoisotopic (exact) mass is 316 g/mol. The Balaban J connectivity index is 1.87. The van der Waals surface area contributed by atoms with E-state index in [1.807, 2.05) is 6.07 Å². The summed E-state index contributed by atoms with van der Waals surface area (Å²) < 4.78 is 25.5. The zero-order valence-corrected chi connectivity index (χ0v) is 12.1. The molecule has 1 fully saturated rings. The highest BCUT2D eigenvalue weighted by Gasteiger charge is 2.22. The fraction of sp³-hybridized carbons (Fsp3) is 0.571. The Labute approximate surface area is 116 Å². The average molecular weight is 317 g/mol. The molecule has 0 amide bonds. The molecule has 0 spiro atoms. The molecule has 1 saturated carbocycles. The molecule has 2 unspecified atom stereocenters. The smallest absolute Gasteiger partial charge is 0.129 e. The lowest BCUT2D eigenvalue weighted by Crippen LogP contribution is -2.27. The SMILES string of the molecule is COC1CCCC(OCc2ccc(Br)cc2F)C1. The van der Waals surface area contributed by atoms with Gasteiger partial charge in [-0.2, -0.15) is 0 Å². The van der Waals surface area contributed by atoms with Crippen molar-refractivity contribution in [2.24, 2.45) is 0 Å². The van der Waals surface area contributed by atoms with Crippen LogP contribution in [-0.2, 0) is 16.1 Å². The summed E-state index contributed by atoms with van der Waals surface area (Å²) in [6, 6.07) is 5.06. The zero-order chi connectivity index (χ0) is 13.0. The van der Waals surface area contributed by atoms with Gasteiger partial charge in [0.2, 0.25) is 0 Å². The summed E-state index contributed by atoms with van der Waals surface area (Å²) in [6.07, 6.45) is 4.65. The third-order valence-corrected chi connectivity index (χ3v) is 3.89. The van der Waals surface area contributed by atoms with E-state index in [0.717, 1.165) is 30.2 Å². The first-order valence-corrected chi connectivity index (χ1v) is 7.06. The van der Waals surface area contributed by atoms with Crippen LogP contribution in [0.1, 0.15) is 31.2 Å². The molecule has 1 aliphatic rings. The molecule has 0 saturated heterocycles. The van der Waals surface area contributed by atoms with Crippen LogP contribution < -0.4 is 0 Å². The largest absolute Gasteiger partial charge is 0.381 e. The summed E-state index contributed by atoms with van der Waals surface area (Å²) in [4.78, 5) is 0. The van der Waals surface area contributed by atoms with Crippen molar-refractivity contribution in [1.29, 1.82) is 0 Å². The third kappa shape index (κ3) is 3.77. The van der Waals surface area contributed by atoms with Gasteiger partial charge in [-0.05, 0) is 37.8 Å². The lowest BCUT2D eigenvalue weighted by atomic mass is 9.95. The summed E-state index contributed by atoms with van der Waals surface area (Å²) >= 11 is 3.24. The van der Waals surface area contributed by atoms with Crippen molar-refractivity contribution >= 4 is 15.9 Å². The summed E-state index contributed by atoms with van der Waals surface area (Å²) in [5.41, 5.74) is 0.609. The van der Waals surface area contributed by atoms with Crippen molar-refractivity contribution in [2.45, 2.75) is 44.5 Å². The van der Waals surface area contributed by atoms with E-state index in [9.17, 15) is 4.39 Å². The Bertz CT molecular complexity index is 397. The first-order valence-electron chi connectivity index (χ1n) is 6.27. The molecule has 0 radical (unpaired) electrons. The standard InChI is InChI=1S/C14H18BrFO2/c1-17-12-3-2-4-13(8-12)18-9-10-5-6-11(15)7-14(10)16/h5-7,12-13H,2-4,8-9H2,1H3. The van der Waals surface area contributed by atoms with E-state index in [2.05, 4.69) is 15.9 Å². The molecule has 18 heavy (non-hydrogen) atoms. The van der Waals surface area contributed by atoms with Gasteiger partial charge in [-0.25, -0.2) is 4.39 Å². The molecule has 2 rings (SSSR count). The van der Waals surface area contributed by atoms with Gasteiger partial charge >= 0.3 is 0 Å². The number of halogens is 2. The van der Waals surface area contributed by atoms with E-state index < -0.39 is 0 Å². The summed E-state index contributed by atoms with van der Waals surface area (Å²) in [7, 11) is 1.74. The van der Waals surface area contributed by atoms with Gasteiger partial charge in [-0.1, -0.05) is 22.0 Å². The van der Waals surface area contributed by atoms with Gasteiger partial charge in [0.15, 0.2) is 0 Å². The second-order valence-electron chi connectivity index (χ2n) is 4.69. The van der Waals surface area contributed by atoms with Crippen LogP contribution >= 0.6 is 15.9 Å². The van der Waals surface area contributed by atoms with Gasteiger partial charge in [-0.15, -0.1) is 0 Å². The summed E-state index contributed by atoms with van der Waals surface area (Å²) in [6.45, 7) is 0.334. The van der Waals surface area contributed by atoms with Crippen LogP contribution in [0.3, 0.4) is 0 Å². The summed E-state index contributed by atoms with van der Waals surface area (Å²) in [5, 5.41) is 0. The van der Waals surface area contributed by atoms with Crippen LogP contribution in [0.4, 0.5) is 4.39 Å². The number of rotatable bonds is 4. The maximum absolute atomic E-state index is 13.6. The lowest BCUT2D eigenvalue weighted by Gasteiger charge is -2.28. The second kappa shape index (κ2) is 6.64. The van der Waals surface area contributed by atoms with E-state index in [0.29, 0.717) is 18.3 Å². The van der Waals surface area contributed by atoms with Crippen molar-refractivity contribution in [3.63, 3.8) is 0 Å². The minimum Gasteiger partial charge on any atom is -0.381 e. The minimum atomic E-state index is -0.219. The molecule has 0 bridgehead atoms. The van der Waals surface area contributed by atoms with Gasteiger partial charge in [0, 0.05) is 17.1 Å². The first-order chi connectivity index (χ1) is 8.69. The molecule has 1 aromatic carbocycles. The highest BCUT2D eigenvalue weighted by Crippen LogP contribution is 2.24. The third-order valence-electron chi connectivity index (χ3n) is 3.40. The van der Waals surface area contributed by atoms with Crippen LogP contribution in [0.25, 0.3) is 0 Å². The highest BCUT2D eigenvalue weighted by molar-refractivity contribution is 9.10. The predicted molar refractivity (Wildman–Crippen MR) is 71.9 cm³/mol. The average Bonchev–Trinajstić information content (AvgIpc) is 2.38. The van der Waals surface area contributed by atoms with Crippen LogP contribution in [0.5, 0.6) is 0 Å². The Morgan fingerprint density at radius 2 is 2.11 bits per heavy atom. The maximum atomic E-state index is 13.6. The zero-order valence-electron chi connectivity index (χ0n) is 10.5. The molecular formula is C14H18BrFO2. The number of hydrogen-bond donors (Lipinski definition) is 0. The maximum Gasteiger partial charge on any atom is 0.129 e.